The van der Waals surface area contributed by atoms with Gasteiger partial charge in [-0.05, 0) is 54.0 Å². The Bertz CT molecular complexity index is 1660. The van der Waals surface area contributed by atoms with Crippen LogP contribution < -0.4 is 4.90 Å². The molecule has 192 valence electrons. The van der Waals surface area contributed by atoms with E-state index in [1.54, 1.807) is 53.9 Å². The lowest BCUT2D eigenvalue weighted by atomic mass is 9.85. The number of thiophene rings is 1. The van der Waals surface area contributed by atoms with Gasteiger partial charge in [0.1, 0.15) is 0 Å². The third-order valence-electron chi connectivity index (χ3n) is 7.96. The molecule has 4 aromatic rings. The number of anilines is 1. The third-order valence-corrected chi connectivity index (χ3v) is 8.87. The fourth-order valence-corrected chi connectivity index (χ4v) is 6.80. The lowest BCUT2D eigenvalue weighted by Crippen LogP contribution is -2.32. The summed E-state index contributed by atoms with van der Waals surface area (Å²) in [6, 6.07) is 19.4. The highest BCUT2D eigenvalue weighted by molar-refractivity contribution is 7.12. The number of benzene rings is 2. The minimum Gasteiger partial charge on any atom is -0.454 e. The van der Waals surface area contributed by atoms with Crippen molar-refractivity contribution >= 4 is 51.5 Å². The Morgan fingerprint density at radius 3 is 2.33 bits per heavy atom. The zero-order valence-corrected chi connectivity index (χ0v) is 21.5. The lowest BCUT2D eigenvalue weighted by Gasteiger charge is -2.17. The zero-order chi connectivity index (χ0) is 26.7. The number of carbonyl (C=O) groups is 4. The smallest absolute Gasteiger partial charge is 0.339 e. The average Bonchev–Trinajstić information content (AvgIpc) is 3.77. The van der Waals surface area contributed by atoms with Crippen molar-refractivity contribution in [3.8, 4) is 11.3 Å². The van der Waals surface area contributed by atoms with E-state index in [2.05, 4.69) is 12.2 Å². The molecule has 0 radical (unpaired) electrons. The van der Waals surface area contributed by atoms with Crippen LogP contribution in [0.2, 0.25) is 0 Å². The average molecular weight is 535 g/mol. The summed E-state index contributed by atoms with van der Waals surface area (Å²) in [5, 5.41) is 2.42. The number of allylic oxidation sites excluding steroid dienone is 2. The number of nitrogens with zero attached hydrogens (tertiary/aromatic N) is 2. The van der Waals surface area contributed by atoms with Gasteiger partial charge in [0.2, 0.25) is 17.6 Å². The van der Waals surface area contributed by atoms with Gasteiger partial charge in [-0.1, -0.05) is 48.6 Å². The van der Waals surface area contributed by atoms with Gasteiger partial charge >= 0.3 is 5.97 Å². The van der Waals surface area contributed by atoms with E-state index in [9.17, 15) is 19.2 Å². The van der Waals surface area contributed by atoms with E-state index in [1.165, 1.54) is 16.2 Å². The minimum absolute atomic E-state index is 0.124. The quantitative estimate of drug-likeness (QED) is 0.144. The first kappa shape index (κ1) is 23.7. The molecule has 2 fully saturated rings. The molecule has 0 spiro atoms. The molecule has 1 aliphatic heterocycles. The number of hydrogen-bond acceptors (Lipinski definition) is 7. The van der Waals surface area contributed by atoms with Gasteiger partial charge in [0.15, 0.2) is 6.61 Å². The minimum atomic E-state index is -0.612. The number of imide groups is 1. The number of Topliss-reactive ketones (excluding diaryl/α,β-unsaturated/α-hetero) is 1. The van der Waals surface area contributed by atoms with Gasteiger partial charge in [-0.25, -0.2) is 9.78 Å². The molecule has 2 aromatic heterocycles. The Kier molecular flexibility index (Phi) is 5.52. The van der Waals surface area contributed by atoms with Crippen LogP contribution >= 0.6 is 11.3 Å². The molecule has 4 atom stereocenters. The molecule has 2 amide bonds. The lowest BCUT2D eigenvalue weighted by molar-refractivity contribution is -0.123. The molecule has 1 saturated heterocycles. The SMILES string of the molecule is O=C(COC(=O)c1cc(-c2ccc(N3C(=O)C4C5C=CC(C5)C4C3=O)cc2)nc2ccccc12)c1cccs1. The largest absolute Gasteiger partial charge is 0.454 e. The van der Waals surface area contributed by atoms with Crippen LogP contribution in [0.1, 0.15) is 26.5 Å². The number of fused-ring (bicyclic) bond motifs is 6. The van der Waals surface area contributed by atoms with Crippen LogP contribution in [0.25, 0.3) is 22.2 Å². The second kappa shape index (κ2) is 9.10. The van der Waals surface area contributed by atoms with E-state index in [1.807, 2.05) is 18.2 Å². The fraction of sp³-hybridized carbons (Fsp3) is 0.194. The molecule has 2 aromatic carbocycles. The summed E-state index contributed by atoms with van der Waals surface area (Å²) < 4.78 is 5.39. The molecule has 1 saturated carbocycles. The number of ether oxygens (including phenoxy) is 1. The van der Waals surface area contributed by atoms with Gasteiger partial charge in [0, 0.05) is 10.9 Å². The number of para-hydroxylation sites is 1. The van der Waals surface area contributed by atoms with E-state index in [4.69, 9.17) is 9.72 Å². The summed E-state index contributed by atoms with van der Waals surface area (Å²) in [6.45, 7) is -0.350. The Morgan fingerprint density at radius 2 is 1.64 bits per heavy atom. The van der Waals surface area contributed by atoms with Crippen LogP contribution in [-0.4, -0.2) is 35.2 Å². The highest BCUT2D eigenvalue weighted by Crippen LogP contribution is 2.53. The predicted octanol–water partition coefficient (Wildman–Crippen LogP) is 5.31. The van der Waals surface area contributed by atoms with Crippen molar-refractivity contribution < 1.29 is 23.9 Å². The summed E-state index contributed by atoms with van der Waals surface area (Å²) in [5.41, 5.74) is 2.70. The molecule has 4 unspecified atom stereocenters. The third kappa shape index (κ3) is 3.82. The Balaban J connectivity index is 1.16. The van der Waals surface area contributed by atoms with E-state index in [0.717, 1.165) is 6.42 Å². The molecule has 8 heteroatoms. The molecule has 2 bridgehead atoms. The molecule has 2 aliphatic carbocycles. The monoisotopic (exact) mass is 534 g/mol. The standard InChI is InChI=1S/C31H22N2O5S/c34-25(26-6-3-13-39-26)16-38-31(37)22-15-24(32-23-5-2-1-4-21(22)23)17-9-11-20(12-10-17)33-29(35)27-18-7-8-19(14-18)28(27)30(33)36/h1-13,15,18-19,27-28H,14,16H2. The summed E-state index contributed by atoms with van der Waals surface area (Å²) in [6.07, 6.45) is 5.05. The zero-order valence-electron chi connectivity index (χ0n) is 20.7. The molecular weight excluding hydrogens is 512 g/mol. The van der Waals surface area contributed by atoms with Crippen molar-refractivity contribution in [1.82, 2.24) is 4.98 Å². The van der Waals surface area contributed by atoms with Crippen LogP contribution in [0.4, 0.5) is 5.69 Å². The molecule has 3 aliphatic rings. The first-order chi connectivity index (χ1) is 19.0. The van der Waals surface area contributed by atoms with Gasteiger partial charge in [-0.15, -0.1) is 11.3 Å². The van der Waals surface area contributed by atoms with Gasteiger partial charge in [-0.3, -0.25) is 19.3 Å². The van der Waals surface area contributed by atoms with Crippen LogP contribution in [0.15, 0.2) is 84.3 Å². The number of ketones is 1. The van der Waals surface area contributed by atoms with E-state index in [0.29, 0.717) is 38.3 Å². The number of pyridine rings is 1. The summed E-state index contributed by atoms with van der Waals surface area (Å²) in [5.74, 6) is -1.32. The number of esters is 1. The Hall–Kier alpha value is -4.43. The van der Waals surface area contributed by atoms with Crippen molar-refractivity contribution in [3.05, 3.63) is 94.7 Å². The Labute approximate surface area is 227 Å². The van der Waals surface area contributed by atoms with E-state index in [-0.39, 0.29) is 47.9 Å². The van der Waals surface area contributed by atoms with Crippen LogP contribution in [0.5, 0.6) is 0 Å². The molecular formula is C31H22N2O5S. The second-order valence-corrected chi connectivity index (χ2v) is 11.1. The van der Waals surface area contributed by atoms with E-state index < -0.39 is 5.97 Å². The van der Waals surface area contributed by atoms with Crippen molar-refractivity contribution in [2.24, 2.45) is 23.7 Å². The fourth-order valence-electron chi connectivity index (χ4n) is 6.15. The normalized spacial score (nSPS) is 23.0. The highest BCUT2D eigenvalue weighted by atomic mass is 32.1. The number of hydrogen-bond donors (Lipinski definition) is 0. The van der Waals surface area contributed by atoms with Crippen molar-refractivity contribution in [2.75, 3.05) is 11.5 Å². The van der Waals surface area contributed by atoms with Crippen LogP contribution in [0.3, 0.4) is 0 Å². The van der Waals surface area contributed by atoms with Crippen molar-refractivity contribution in [3.63, 3.8) is 0 Å². The molecule has 7 rings (SSSR count). The van der Waals surface area contributed by atoms with E-state index >= 15 is 0 Å². The maximum absolute atomic E-state index is 13.2. The first-order valence-electron chi connectivity index (χ1n) is 12.8. The maximum Gasteiger partial charge on any atom is 0.339 e. The highest BCUT2D eigenvalue weighted by Gasteiger charge is 2.59. The van der Waals surface area contributed by atoms with Crippen molar-refractivity contribution in [1.29, 1.82) is 0 Å². The predicted molar refractivity (Wildman–Crippen MR) is 146 cm³/mol. The number of amides is 2. The van der Waals surface area contributed by atoms with Crippen molar-refractivity contribution in [2.45, 2.75) is 6.42 Å². The molecule has 39 heavy (non-hydrogen) atoms. The first-order valence-corrected chi connectivity index (χ1v) is 13.7. The van der Waals surface area contributed by atoms with Crippen LogP contribution in [0, 0.1) is 23.7 Å². The van der Waals surface area contributed by atoms with Gasteiger partial charge in [0.25, 0.3) is 0 Å². The van der Waals surface area contributed by atoms with Crippen LogP contribution in [-0.2, 0) is 14.3 Å². The van der Waals surface area contributed by atoms with Gasteiger partial charge < -0.3 is 4.74 Å². The molecule has 7 nitrogen and oxygen atoms in total. The maximum atomic E-state index is 13.2. The second-order valence-electron chi connectivity index (χ2n) is 10.1. The summed E-state index contributed by atoms with van der Waals surface area (Å²) >= 11 is 1.30. The summed E-state index contributed by atoms with van der Waals surface area (Å²) in [4.78, 5) is 58.4. The molecule has 0 N–H and O–H groups in total. The topological polar surface area (TPSA) is 93.6 Å². The molecule has 3 heterocycles. The van der Waals surface area contributed by atoms with Gasteiger partial charge in [0.05, 0.1) is 39.2 Å². The number of aromatic nitrogens is 1. The number of rotatable bonds is 6. The summed E-state index contributed by atoms with van der Waals surface area (Å²) in [7, 11) is 0. The number of carbonyl (C=O) groups excluding carboxylic acids is 4. The van der Waals surface area contributed by atoms with Gasteiger partial charge in [-0.2, -0.15) is 0 Å². The Morgan fingerprint density at radius 1 is 0.923 bits per heavy atom.